The molecule has 1 unspecified atom stereocenters. The highest BCUT2D eigenvalue weighted by Crippen LogP contribution is 2.10. The monoisotopic (exact) mass is 318 g/mol. The van der Waals surface area contributed by atoms with E-state index in [1.54, 1.807) is 0 Å². The van der Waals surface area contributed by atoms with Crippen molar-refractivity contribution in [2.45, 2.75) is 44.6 Å². The van der Waals surface area contributed by atoms with Gasteiger partial charge in [-0.25, -0.2) is 4.79 Å². The minimum absolute atomic E-state index is 0.183. The minimum atomic E-state index is -0.989. The van der Waals surface area contributed by atoms with Gasteiger partial charge in [0.1, 0.15) is 6.04 Å². The number of likely N-dealkylation sites (tertiary alicyclic amines) is 1. The van der Waals surface area contributed by atoms with Crippen molar-refractivity contribution in [3.8, 4) is 0 Å². The first-order chi connectivity index (χ1) is 11.1. The Kier molecular flexibility index (Phi) is 7.07. The number of hydrogen-bond acceptors (Lipinski definition) is 3. The summed E-state index contributed by atoms with van der Waals surface area (Å²) in [6.07, 6.45) is 5.58. The third-order valence-electron chi connectivity index (χ3n) is 4.27. The molecule has 5 heteroatoms. The molecule has 0 aliphatic carbocycles. The van der Waals surface area contributed by atoms with Crippen LogP contribution in [0.2, 0.25) is 0 Å². The van der Waals surface area contributed by atoms with Crippen molar-refractivity contribution in [2.75, 3.05) is 19.6 Å². The molecule has 1 aromatic rings. The van der Waals surface area contributed by atoms with Gasteiger partial charge in [-0.05, 0) is 31.5 Å². The first-order valence-corrected chi connectivity index (χ1v) is 8.43. The Balaban J connectivity index is 1.79. The molecule has 23 heavy (non-hydrogen) atoms. The summed E-state index contributed by atoms with van der Waals surface area (Å²) < 4.78 is 0. The van der Waals surface area contributed by atoms with Crippen molar-refractivity contribution in [1.29, 1.82) is 0 Å². The predicted octanol–water partition coefficient (Wildman–Crippen LogP) is 2.06. The van der Waals surface area contributed by atoms with Gasteiger partial charge < -0.3 is 15.3 Å². The minimum Gasteiger partial charge on any atom is -0.480 e. The molecule has 126 valence electrons. The molecule has 1 aliphatic rings. The van der Waals surface area contributed by atoms with Crippen LogP contribution in [0.3, 0.4) is 0 Å². The molecule has 1 aliphatic heterocycles. The van der Waals surface area contributed by atoms with E-state index >= 15 is 0 Å². The smallest absolute Gasteiger partial charge is 0.326 e. The van der Waals surface area contributed by atoms with Crippen LogP contribution in [0.15, 0.2) is 30.3 Å². The lowest BCUT2D eigenvalue weighted by atomic mass is 10.1. The third-order valence-corrected chi connectivity index (χ3v) is 4.27. The van der Waals surface area contributed by atoms with E-state index in [4.69, 9.17) is 0 Å². The summed E-state index contributed by atoms with van der Waals surface area (Å²) in [6.45, 7) is 2.79. The summed E-state index contributed by atoms with van der Waals surface area (Å²) >= 11 is 0. The van der Waals surface area contributed by atoms with Crippen molar-refractivity contribution in [3.63, 3.8) is 0 Å². The quantitative estimate of drug-likeness (QED) is 0.807. The molecule has 1 aromatic carbocycles. The molecule has 0 radical (unpaired) electrons. The molecule has 1 heterocycles. The Bertz CT molecular complexity index is 496. The number of benzene rings is 1. The fourth-order valence-corrected chi connectivity index (χ4v) is 2.94. The second kappa shape index (κ2) is 9.30. The van der Waals surface area contributed by atoms with E-state index in [2.05, 4.69) is 10.2 Å². The van der Waals surface area contributed by atoms with Gasteiger partial charge in [-0.1, -0.05) is 43.2 Å². The topological polar surface area (TPSA) is 69.6 Å². The second-order valence-corrected chi connectivity index (χ2v) is 6.15. The Hall–Kier alpha value is -1.88. The zero-order chi connectivity index (χ0) is 16.5. The second-order valence-electron chi connectivity index (χ2n) is 6.15. The largest absolute Gasteiger partial charge is 0.480 e. The molecule has 0 spiro atoms. The summed E-state index contributed by atoms with van der Waals surface area (Å²) in [5.41, 5.74) is 0.910. The van der Waals surface area contributed by atoms with E-state index < -0.39 is 12.0 Å². The number of carboxylic acids is 1. The highest BCUT2D eigenvalue weighted by atomic mass is 16.4. The first kappa shape index (κ1) is 17.5. The van der Waals surface area contributed by atoms with E-state index in [0.29, 0.717) is 19.4 Å². The summed E-state index contributed by atoms with van der Waals surface area (Å²) in [5.74, 6) is -1.17. The standard InChI is InChI=1S/C18H26N2O3/c21-17(10-13-20-11-6-1-2-7-12-20)19-16(18(22)23)14-15-8-4-3-5-9-15/h3-5,8-9,16H,1-2,6-7,10-14H2,(H,19,21)(H,22,23). The van der Waals surface area contributed by atoms with E-state index in [0.717, 1.165) is 18.7 Å². The van der Waals surface area contributed by atoms with E-state index in [1.807, 2.05) is 30.3 Å². The summed E-state index contributed by atoms with van der Waals surface area (Å²) in [6, 6.07) is 8.51. The lowest BCUT2D eigenvalue weighted by Gasteiger charge is -2.20. The zero-order valence-corrected chi connectivity index (χ0v) is 13.5. The van der Waals surface area contributed by atoms with Crippen LogP contribution in [0.25, 0.3) is 0 Å². The molecular weight excluding hydrogens is 292 g/mol. The number of carbonyl (C=O) groups is 2. The average Bonchev–Trinajstić information content (AvgIpc) is 2.82. The number of aliphatic carboxylic acids is 1. The van der Waals surface area contributed by atoms with Crippen LogP contribution >= 0.6 is 0 Å². The van der Waals surface area contributed by atoms with Gasteiger partial charge in [-0.2, -0.15) is 0 Å². The van der Waals surface area contributed by atoms with Crippen LogP contribution in [0.4, 0.5) is 0 Å². The maximum Gasteiger partial charge on any atom is 0.326 e. The molecule has 1 atom stereocenters. The highest BCUT2D eigenvalue weighted by molar-refractivity contribution is 5.83. The molecular formula is C18H26N2O3. The van der Waals surface area contributed by atoms with E-state index in [9.17, 15) is 14.7 Å². The summed E-state index contributed by atoms with van der Waals surface area (Å²) in [5, 5.41) is 12.0. The van der Waals surface area contributed by atoms with Gasteiger partial charge in [0, 0.05) is 19.4 Å². The fraction of sp³-hybridized carbons (Fsp3) is 0.556. The van der Waals surface area contributed by atoms with Gasteiger partial charge in [0.2, 0.25) is 5.91 Å². The van der Waals surface area contributed by atoms with Crippen LogP contribution in [-0.2, 0) is 16.0 Å². The van der Waals surface area contributed by atoms with Crippen molar-refractivity contribution in [2.24, 2.45) is 0 Å². The average molecular weight is 318 g/mol. The molecule has 0 aromatic heterocycles. The van der Waals surface area contributed by atoms with E-state index in [-0.39, 0.29) is 5.91 Å². The van der Waals surface area contributed by atoms with Gasteiger partial charge in [-0.3, -0.25) is 4.79 Å². The van der Waals surface area contributed by atoms with Crippen molar-refractivity contribution < 1.29 is 14.7 Å². The normalized spacial score (nSPS) is 17.2. The number of rotatable bonds is 7. The van der Waals surface area contributed by atoms with Crippen molar-refractivity contribution >= 4 is 11.9 Å². The van der Waals surface area contributed by atoms with Gasteiger partial charge in [0.05, 0.1) is 0 Å². The predicted molar refractivity (Wildman–Crippen MR) is 89.2 cm³/mol. The molecule has 5 nitrogen and oxygen atoms in total. The van der Waals surface area contributed by atoms with Gasteiger partial charge >= 0.3 is 5.97 Å². The number of carbonyl (C=O) groups excluding carboxylic acids is 1. The van der Waals surface area contributed by atoms with Crippen molar-refractivity contribution in [1.82, 2.24) is 10.2 Å². The van der Waals surface area contributed by atoms with Crippen LogP contribution in [0.1, 0.15) is 37.7 Å². The molecule has 0 saturated carbocycles. The van der Waals surface area contributed by atoms with E-state index in [1.165, 1.54) is 25.7 Å². The SMILES string of the molecule is O=C(CCN1CCCCCC1)NC(Cc1ccccc1)C(=O)O. The summed E-state index contributed by atoms with van der Waals surface area (Å²) in [4.78, 5) is 25.7. The number of amides is 1. The number of nitrogens with zero attached hydrogens (tertiary/aromatic N) is 1. The van der Waals surface area contributed by atoms with Gasteiger partial charge in [-0.15, -0.1) is 0 Å². The van der Waals surface area contributed by atoms with Crippen LogP contribution < -0.4 is 5.32 Å². The fourth-order valence-electron chi connectivity index (χ4n) is 2.94. The first-order valence-electron chi connectivity index (χ1n) is 8.43. The van der Waals surface area contributed by atoms with Crippen LogP contribution in [-0.4, -0.2) is 47.6 Å². The Morgan fingerprint density at radius 1 is 1.09 bits per heavy atom. The van der Waals surface area contributed by atoms with Crippen LogP contribution in [0.5, 0.6) is 0 Å². The zero-order valence-electron chi connectivity index (χ0n) is 13.5. The van der Waals surface area contributed by atoms with Gasteiger partial charge in [0.25, 0.3) is 0 Å². The highest BCUT2D eigenvalue weighted by Gasteiger charge is 2.20. The third kappa shape index (κ3) is 6.40. The Morgan fingerprint density at radius 3 is 2.35 bits per heavy atom. The Labute approximate surface area is 137 Å². The molecule has 1 fully saturated rings. The number of hydrogen-bond donors (Lipinski definition) is 2. The lowest BCUT2D eigenvalue weighted by Crippen LogP contribution is -2.43. The summed E-state index contributed by atoms with van der Waals surface area (Å²) in [7, 11) is 0. The lowest BCUT2D eigenvalue weighted by molar-refractivity contribution is -0.141. The van der Waals surface area contributed by atoms with Gasteiger partial charge in [0.15, 0.2) is 0 Å². The molecule has 2 N–H and O–H groups in total. The molecule has 1 saturated heterocycles. The number of nitrogens with one attached hydrogen (secondary N) is 1. The number of carboxylic acid groups (broad SMARTS) is 1. The maximum absolute atomic E-state index is 12.1. The molecule has 0 bridgehead atoms. The molecule has 1 amide bonds. The Morgan fingerprint density at radius 2 is 1.74 bits per heavy atom. The maximum atomic E-state index is 12.1. The van der Waals surface area contributed by atoms with Crippen LogP contribution in [0, 0.1) is 0 Å². The molecule has 2 rings (SSSR count). The van der Waals surface area contributed by atoms with Crippen molar-refractivity contribution in [3.05, 3.63) is 35.9 Å².